The number of carbonyl (C=O) groups excluding carboxylic acids is 2. The molecule has 3 amide bonds. The average Bonchev–Trinajstić information content (AvgIpc) is 3.19. The van der Waals surface area contributed by atoms with Gasteiger partial charge in [0.1, 0.15) is 11.6 Å². The molecule has 2 N–H and O–H groups in total. The average molecular weight is 280 g/mol. The summed E-state index contributed by atoms with van der Waals surface area (Å²) in [5.74, 6) is -1.05. The molecule has 1 heterocycles. The predicted molar refractivity (Wildman–Crippen MR) is 70.0 cm³/mol. The van der Waals surface area contributed by atoms with Crippen molar-refractivity contribution in [1.29, 1.82) is 0 Å². The van der Waals surface area contributed by atoms with E-state index in [-0.39, 0.29) is 5.91 Å². The molecule has 3 rings (SSSR count). The zero-order chi connectivity index (χ0) is 14.3. The van der Waals surface area contributed by atoms with Crippen molar-refractivity contribution in [3.63, 3.8) is 0 Å². The van der Waals surface area contributed by atoms with E-state index in [1.807, 2.05) is 0 Å². The zero-order valence-electron chi connectivity index (χ0n) is 11.4. The van der Waals surface area contributed by atoms with Crippen LogP contribution in [0.1, 0.15) is 51.4 Å². The Hall–Kier alpha value is -1.59. The van der Waals surface area contributed by atoms with E-state index < -0.39 is 23.6 Å². The number of carboxylic acid groups (broad SMARTS) is 1. The first kappa shape index (κ1) is 13.4. The molecule has 20 heavy (non-hydrogen) atoms. The number of imide groups is 1. The Balaban J connectivity index is 1.82. The van der Waals surface area contributed by atoms with E-state index in [1.54, 1.807) is 0 Å². The number of urea groups is 1. The Morgan fingerprint density at radius 1 is 1.30 bits per heavy atom. The van der Waals surface area contributed by atoms with Crippen LogP contribution in [0.4, 0.5) is 4.79 Å². The van der Waals surface area contributed by atoms with E-state index in [0.29, 0.717) is 25.2 Å². The number of hydrogen-bond acceptors (Lipinski definition) is 3. The van der Waals surface area contributed by atoms with E-state index in [1.165, 1.54) is 0 Å². The van der Waals surface area contributed by atoms with Crippen LogP contribution in [-0.4, -0.2) is 39.5 Å². The van der Waals surface area contributed by atoms with Gasteiger partial charge in [0, 0.05) is 0 Å². The summed E-state index contributed by atoms with van der Waals surface area (Å²) in [4.78, 5) is 37.2. The molecule has 110 valence electrons. The minimum atomic E-state index is -1.08. The fourth-order valence-corrected chi connectivity index (χ4v) is 3.40. The van der Waals surface area contributed by atoms with E-state index in [9.17, 15) is 19.5 Å². The van der Waals surface area contributed by atoms with Gasteiger partial charge in [-0.25, -0.2) is 14.5 Å². The lowest BCUT2D eigenvalue weighted by molar-refractivity contribution is -0.148. The van der Waals surface area contributed by atoms with Gasteiger partial charge in [-0.15, -0.1) is 0 Å². The smallest absolute Gasteiger partial charge is 0.327 e. The maximum absolute atomic E-state index is 12.6. The molecule has 2 aliphatic carbocycles. The summed E-state index contributed by atoms with van der Waals surface area (Å²) in [6.45, 7) is 0. The maximum atomic E-state index is 12.6. The van der Waals surface area contributed by atoms with Gasteiger partial charge >= 0.3 is 12.0 Å². The van der Waals surface area contributed by atoms with Gasteiger partial charge in [0.25, 0.3) is 5.91 Å². The normalized spacial score (nSPS) is 26.7. The Kier molecular flexibility index (Phi) is 3.18. The molecule has 6 nitrogen and oxygen atoms in total. The van der Waals surface area contributed by atoms with Crippen molar-refractivity contribution in [3.05, 3.63) is 0 Å². The van der Waals surface area contributed by atoms with Gasteiger partial charge in [-0.1, -0.05) is 32.1 Å². The van der Waals surface area contributed by atoms with Crippen molar-refractivity contribution >= 4 is 17.9 Å². The molecular formula is C14H20N2O4. The molecule has 0 aromatic carbocycles. The highest BCUT2D eigenvalue weighted by atomic mass is 16.4. The lowest BCUT2D eigenvalue weighted by Crippen LogP contribution is -2.50. The molecule has 0 aromatic rings. The molecule has 6 heteroatoms. The number of hydrogen-bond donors (Lipinski definition) is 2. The summed E-state index contributed by atoms with van der Waals surface area (Å²) < 4.78 is 0. The van der Waals surface area contributed by atoms with Crippen LogP contribution >= 0.6 is 0 Å². The van der Waals surface area contributed by atoms with Crippen molar-refractivity contribution in [2.45, 2.75) is 62.9 Å². The first-order valence-electron chi connectivity index (χ1n) is 7.42. The van der Waals surface area contributed by atoms with Crippen LogP contribution in [0.3, 0.4) is 0 Å². The molecule has 1 spiro atoms. The zero-order valence-corrected chi connectivity index (χ0v) is 11.4. The largest absolute Gasteiger partial charge is 0.480 e. The summed E-state index contributed by atoms with van der Waals surface area (Å²) in [7, 11) is 0. The van der Waals surface area contributed by atoms with Crippen molar-refractivity contribution < 1.29 is 19.5 Å². The lowest BCUT2D eigenvalue weighted by Gasteiger charge is -2.31. The van der Waals surface area contributed by atoms with Crippen LogP contribution in [0.5, 0.6) is 0 Å². The van der Waals surface area contributed by atoms with Crippen LogP contribution in [0.25, 0.3) is 0 Å². The Morgan fingerprint density at radius 3 is 2.50 bits per heavy atom. The third-order valence-corrected chi connectivity index (χ3v) is 4.75. The van der Waals surface area contributed by atoms with Crippen molar-refractivity contribution in [2.24, 2.45) is 5.92 Å². The molecule has 3 aliphatic rings. The van der Waals surface area contributed by atoms with Crippen LogP contribution < -0.4 is 5.32 Å². The van der Waals surface area contributed by atoms with Crippen LogP contribution in [0.2, 0.25) is 0 Å². The highest BCUT2D eigenvalue weighted by Gasteiger charge is 2.55. The molecule has 0 unspecified atom stereocenters. The first-order valence-corrected chi connectivity index (χ1v) is 7.42. The fraction of sp³-hybridized carbons (Fsp3) is 0.786. The van der Waals surface area contributed by atoms with Crippen LogP contribution in [0.15, 0.2) is 0 Å². The second-order valence-corrected chi connectivity index (χ2v) is 6.28. The number of carbonyl (C=O) groups is 3. The summed E-state index contributed by atoms with van der Waals surface area (Å²) in [5, 5.41) is 12.1. The molecule has 3 fully saturated rings. The highest BCUT2D eigenvalue weighted by Crippen LogP contribution is 2.38. The number of nitrogens with zero attached hydrogens (tertiary/aromatic N) is 1. The van der Waals surface area contributed by atoms with Crippen molar-refractivity contribution in [3.8, 4) is 0 Å². The van der Waals surface area contributed by atoms with Crippen LogP contribution in [0, 0.1) is 5.92 Å². The van der Waals surface area contributed by atoms with Crippen molar-refractivity contribution in [1.82, 2.24) is 10.2 Å². The Labute approximate surface area is 117 Å². The minimum Gasteiger partial charge on any atom is -0.480 e. The van der Waals surface area contributed by atoms with E-state index in [0.717, 1.165) is 37.0 Å². The molecule has 0 bridgehead atoms. The van der Waals surface area contributed by atoms with Gasteiger partial charge in [0.05, 0.1) is 0 Å². The SMILES string of the molecule is O=C(O)[C@H](CC1CC1)N1C(=O)NC2(CCCCC2)C1=O. The first-order chi connectivity index (χ1) is 9.53. The van der Waals surface area contributed by atoms with E-state index in [4.69, 9.17) is 0 Å². The third-order valence-electron chi connectivity index (χ3n) is 4.75. The predicted octanol–water partition coefficient (Wildman–Crippen LogP) is 1.49. The summed E-state index contributed by atoms with van der Waals surface area (Å²) in [5.41, 5.74) is -0.827. The molecule has 1 aliphatic heterocycles. The highest BCUT2D eigenvalue weighted by molar-refractivity contribution is 6.09. The summed E-state index contributed by atoms with van der Waals surface area (Å²) in [6.07, 6.45) is 6.52. The van der Waals surface area contributed by atoms with Gasteiger partial charge in [0.2, 0.25) is 0 Å². The number of nitrogens with one attached hydrogen (secondary N) is 1. The topological polar surface area (TPSA) is 86.7 Å². The number of carboxylic acids is 1. The fourth-order valence-electron chi connectivity index (χ4n) is 3.40. The second-order valence-electron chi connectivity index (χ2n) is 6.28. The van der Waals surface area contributed by atoms with Gasteiger partial charge in [-0.3, -0.25) is 4.79 Å². The monoisotopic (exact) mass is 280 g/mol. The van der Waals surface area contributed by atoms with E-state index in [2.05, 4.69) is 5.32 Å². The number of rotatable bonds is 4. The number of aliphatic carboxylic acids is 1. The van der Waals surface area contributed by atoms with Gasteiger partial charge in [0.15, 0.2) is 0 Å². The van der Waals surface area contributed by atoms with Gasteiger partial charge in [-0.05, 0) is 25.2 Å². The molecule has 0 aromatic heterocycles. The molecular weight excluding hydrogens is 260 g/mol. The van der Waals surface area contributed by atoms with Gasteiger partial charge < -0.3 is 10.4 Å². The Morgan fingerprint density at radius 2 is 1.95 bits per heavy atom. The summed E-state index contributed by atoms with van der Waals surface area (Å²) >= 11 is 0. The van der Waals surface area contributed by atoms with Crippen LogP contribution in [-0.2, 0) is 9.59 Å². The quantitative estimate of drug-likeness (QED) is 0.764. The molecule has 2 saturated carbocycles. The Bertz CT molecular complexity index is 452. The minimum absolute atomic E-state index is 0.324. The third kappa shape index (κ3) is 2.17. The van der Waals surface area contributed by atoms with Gasteiger partial charge in [-0.2, -0.15) is 0 Å². The summed E-state index contributed by atoms with van der Waals surface area (Å²) in [6, 6.07) is -1.53. The molecule has 0 radical (unpaired) electrons. The number of amides is 3. The van der Waals surface area contributed by atoms with Crippen molar-refractivity contribution in [2.75, 3.05) is 0 Å². The lowest BCUT2D eigenvalue weighted by atomic mass is 9.81. The maximum Gasteiger partial charge on any atom is 0.327 e. The second kappa shape index (κ2) is 4.75. The molecule has 1 atom stereocenters. The van der Waals surface area contributed by atoms with E-state index >= 15 is 0 Å². The standard InChI is InChI=1S/C14H20N2O4/c17-11(18)10(8-9-4-5-9)16-12(19)14(15-13(16)20)6-2-1-3-7-14/h9-10H,1-8H2,(H,15,20)(H,17,18)/t10-/m0/s1. The molecule has 1 saturated heterocycles.